The first-order chi connectivity index (χ1) is 13.0. The lowest BCUT2D eigenvalue weighted by molar-refractivity contribution is -0.0346. The van der Waals surface area contributed by atoms with Gasteiger partial charge in [0.05, 0.1) is 18.8 Å². The lowest BCUT2D eigenvalue weighted by atomic mass is 10.0. The summed E-state index contributed by atoms with van der Waals surface area (Å²) in [6.45, 7) is 3.73. The number of amides is 1. The van der Waals surface area contributed by atoms with Crippen molar-refractivity contribution in [3.8, 4) is 0 Å². The summed E-state index contributed by atoms with van der Waals surface area (Å²) < 4.78 is 20.1. The molecule has 2 aromatic rings. The van der Waals surface area contributed by atoms with E-state index in [1.807, 2.05) is 11.8 Å². The lowest BCUT2D eigenvalue weighted by Gasteiger charge is -2.38. The van der Waals surface area contributed by atoms with E-state index in [-0.39, 0.29) is 18.2 Å². The molecule has 1 amide bonds. The number of carbonyl (C=O) groups excluding carboxylic acids is 1. The van der Waals surface area contributed by atoms with E-state index in [0.717, 1.165) is 0 Å². The zero-order valence-corrected chi connectivity index (χ0v) is 15.6. The molecule has 1 fully saturated rings. The van der Waals surface area contributed by atoms with Crippen molar-refractivity contribution < 1.29 is 13.9 Å². The number of nitrogens with one attached hydrogen (secondary N) is 2. The van der Waals surface area contributed by atoms with Crippen LogP contribution < -0.4 is 10.9 Å². The summed E-state index contributed by atoms with van der Waals surface area (Å²) in [4.78, 5) is 28.7. The maximum atomic E-state index is 14.6. The number of ether oxygens (including phenoxy) is 1. The van der Waals surface area contributed by atoms with Gasteiger partial charge in [-0.05, 0) is 31.2 Å². The predicted octanol–water partition coefficient (Wildman–Crippen LogP) is 2.36. The van der Waals surface area contributed by atoms with E-state index >= 15 is 0 Å². The fraction of sp³-hybridized carbons (Fsp3) is 0.368. The highest BCUT2D eigenvalue weighted by atomic mass is 35.5. The zero-order chi connectivity index (χ0) is 19.4. The average Bonchev–Trinajstić information content (AvgIpc) is 2.64. The quantitative estimate of drug-likeness (QED) is 0.817. The molecule has 0 saturated carbocycles. The van der Waals surface area contributed by atoms with Gasteiger partial charge >= 0.3 is 0 Å². The van der Waals surface area contributed by atoms with Crippen molar-refractivity contribution in [2.24, 2.45) is 0 Å². The average molecular weight is 394 g/mol. The van der Waals surface area contributed by atoms with Crippen LogP contribution in [0.2, 0.25) is 5.02 Å². The number of pyridine rings is 1. The molecule has 0 radical (unpaired) electrons. The van der Waals surface area contributed by atoms with Gasteiger partial charge in [0, 0.05) is 36.4 Å². The Kier molecular flexibility index (Phi) is 6.26. The Morgan fingerprint density at radius 3 is 2.96 bits per heavy atom. The zero-order valence-electron chi connectivity index (χ0n) is 14.9. The molecule has 1 saturated heterocycles. The number of carbonyl (C=O) groups is 1. The molecule has 2 unspecified atom stereocenters. The van der Waals surface area contributed by atoms with Crippen LogP contribution in [0.5, 0.6) is 0 Å². The van der Waals surface area contributed by atoms with Gasteiger partial charge in [0.15, 0.2) is 0 Å². The van der Waals surface area contributed by atoms with Crippen molar-refractivity contribution in [2.75, 3.05) is 26.2 Å². The van der Waals surface area contributed by atoms with Crippen molar-refractivity contribution in [2.45, 2.75) is 19.1 Å². The molecule has 1 aliphatic heterocycles. The number of aromatic nitrogens is 1. The van der Waals surface area contributed by atoms with Crippen molar-refractivity contribution in [1.29, 1.82) is 0 Å². The Labute approximate surface area is 161 Å². The van der Waals surface area contributed by atoms with Crippen molar-refractivity contribution in [3.05, 3.63) is 68.8 Å². The number of halogens is 2. The molecule has 144 valence electrons. The third-order valence-corrected chi connectivity index (χ3v) is 4.89. The van der Waals surface area contributed by atoms with E-state index in [1.54, 1.807) is 18.2 Å². The van der Waals surface area contributed by atoms with E-state index in [0.29, 0.717) is 30.3 Å². The highest BCUT2D eigenvalue weighted by Gasteiger charge is 2.29. The van der Waals surface area contributed by atoms with Gasteiger partial charge in [-0.25, -0.2) is 4.39 Å². The van der Waals surface area contributed by atoms with Crippen molar-refractivity contribution in [1.82, 2.24) is 15.2 Å². The minimum Gasteiger partial charge on any atom is -0.376 e. The number of hydrogen-bond donors (Lipinski definition) is 2. The predicted molar refractivity (Wildman–Crippen MR) is 101 cm³/mol. The Balaban J connectivity index is 1.85. The Hall–Kier alpha value is -2.22. The first kappa shape index (κ1) is 19.5. The normalized spacial score (nSPS) is 18.9. The summed E-state index contributed by atoms with van der Waals surface area (Å²) >= 11 is 6.27. The number of rotatable bonds is 5. The lowest BCUT2D eigenvalue weighted by Crippen LogP contribution is -2.47. The molecule has 1 aromatic carbocycles. The van der Waals surface area contributed by atoms with Gasteiger partial charge < -0.3 is 15.0 Å². The van der Waals surface area contributed by atoms with Crippen LogP contribution in [-0.2, 0) is 4.74 Å². The van der Waals surface area contributed by atoms with Crippen LogP contribution in [-0.4, -0.2) is 48.1 Å². The molecular weight excluding hydrogens is 373 g/mol. The molecule has 6 nitrogen and oxygen atoms in total. The number of nitrogens with zero attached hydrogens (tertiary/aromatic N) is 1. The van der Waals surface area contributed by atoms with Crippen molar-refractivity contribution >= 4 is 17.5 Å². The van der Waals surface area contributed by atoms with Crippen LogP contribution in [0.3, 0.4) is 0 Å². The Morgan fingerprint density at radius 2 is 2.26 bits per heavy atom. The first-order valence-electron chi connectivity index (χ1n) is 8.73. The molecule has 0 bridgehead atoms. The SMILES string of the molecule is CC1CN(C(CNC(=O)c2ccc[nH]c2=O)c2c(F)cccc2Cl)CCO1. The molecule has 1 aromatic heterocycles. The van der Waals surface area contributed by atoms with Crippen LogP contribution >= 0.6 is 11.6 Å². The number of aromatic amines is 1. The second kappa shape index (κ2) is 8.65. The van der Waals surface area contributed by atoms with Crippen LogP contribution in [0.1, 0.15) is 28.9 Å². The highest BCUT2D eigenvalue weighted by Crippen LogP contribution is 2.31. The van der Waals surface area contributed by atoms with Crippen LogP contribution in [0.15, 0.2) is 41.3 Å². The van der Waals surface area contributed by atoms with Crippen LogP contribution in [0.25, 0.3) is 0 Å². The number of morpholine rings is 1. The molecule has 0 spiro atoms. The second-order valence-corrected chi connectivity index (χ2v) is 6.86. The van der Waals surface area contributed by atoms with Gasteiger partial charge in [0.1, 0.15) is 11.4 Å². The fourth-order valence-electron chi connectivity index (χ4n) is 3.26. The summed E-state index contributed by atoms with van der Waals surface area (Å²) in [6, 6.07) is 7.06. The standard InChI is InChI=1S/C19H21ClFN3O3/c1-12-11-24(8-9-27-12)16(17-14(20)5-2-6-15(17)21)10-23-19(26)13-4-3-7-22-18(13)25/h2-7,12,16H,8-11H2,1H3,(H,22,25)(H,23,26). The van der Waals surface area contributed by atoms with Crippen molar-refractivity contribution in [3.63, 3.8) is 0 Å². The number of H-pyrrole nitrogens is 1. The van der Waals surface area contributed by atoms with E-state index in [9.17, 15) is 14.0 Å². The monoisotopic (exact) mass is 393 g/mol. The summed E-state index contributed by atoms with van der Waals surface area (Å²) in [5.74, 6) is -0.950. The summed E-state index contributed by atoms with van der Waals surface area (Å²) in [5, 5.41) is 3.04. The van der Waals surface area contributed by atoms with Gasteiger partial charge in [0.2, 0.25) is 0 Å². The molecule has 2 atom stereocenters. The van der Waals surface area contributed by atoms with Gasteiger partial charge in [-0.3, -0.25) is 14.5 Å². The third kappa shape index (κ3) is 4.55. The van der Waals surface area contributed by atoms with Gasteiger partial charge in [0.25, 0.3) is 11.5 Å². The van der Waals surface area contributed by atoms with E-state index in [1.165, 1.54) is 18.3 Å². The Bertz CT molecular complexity index is 853. The number of benzene rings is 1. The van der Waals surface area contributed by atoms with Crippen LogP contribution in [0, 0.1) is 5.82 Å². The third-order valence-electron chi connectivity index (χ3n) is 4.56. The topological polar surface area (TPSA) is 74.4 Å². The highest BCUT2D eigenvalue weighted by molar-refractivity contribution is 6.31. The largest absolute Gasteiger partial charge is 0.376 e. The van der Waals surface area contributed by atoms with Gasteiger partial charge in [-0.1, -0.05) is 17.7 Å². The maximum absolute atomic E-state index is 14.6. The molecule has 0 aliphatic carbocycles. The second-order valence-electron chi connectivity index (χ2n) is 6.45. The van der Waals surface area contributed by atoms with Gasteiger partial charge in [-0.2, -0.15) is 0 Å². The molecule has 8 heteroatoms. The molecule has 2 N–H and O–H groups in total. The molecule has 3 rings (SSSR count). The summed E-state index contributed by atoms with van der Waals surface area (Å²) in [5.41, 5.74) is -0.141. The summed E-state index contributed by atoms with van der Waals surface area (Å²) in [6.07, 6.45) is 1.44. The summed E-state index contributed by atoms with van der Waals surface area (Å²) in [7, 11) is 0. The fourth-order valence-corrected chi connectivity index (χ4v) is 3.55. The van der Waals surface area contributed by atoms with Gasteiger partial charge in [-0.15, -0.1) is 0 Å². The van der Waals surface area contributed by atoms with E-state index in [2.05, 4.69) is 10.3 Å². The minimum atomic E-state index is -0.518. The van der Waals surface area contributed by atoms with Crippen LogP contribution in [0.4, 0.5) is 4.39 Å². The molecule has 1 aliphatic rings. The maximum Gasteiger partial charge on any atom is 0.260 e. The molecule has 27 heavy (non-hydrogen) atoms. The molecule has 2 heterocycles. The van der Waals surface area contributed by atoms with E-state index < -0.39 is 23.3 Å². The minimum absolute atomic E-state index is 0.00576. The molecular formula is C19H21ClFN3O3. The smallest absolute Gasteiger partial charge is 0.260 e. The number of hydrogen-bond acceptors (Lipinski definition) is 4. The Morgan fingerprint density at radius 1 is 1.44 bits per heavy atom. The first-order valence-corrected chi connectivity index (χ1v) is 9.10. The van der Waals surface area contributed by atoms with E-state index in [4.69, 9.17) is 16.3 Å².